The molecule has 1 aromatic carbocycles. The first-order valence-corrected chi connectivity index (χ1v) is 7.00. The fourth-order valence-electron chi connectivity index (χ4n) is 2.52. The maximum Gasteiger partial charge on any atom is 0.342 e. The van der Waals surface area contributed by atoms with E-state index >= 15 is 0 Å². The Morgan fingerprint density at radius 2 is 1.86 bits per heavy atom. The van der Waals surface area contributed by atoms with Gasteiger partial charge in [0.2, 0.25) is 0 Å². The van der Waals surface area contributed by atoms with Crippen LogP contribution in [0.4, 0.5) is 11.4 Å². The molecule has 0 unspecified atom stereocenters. The second-order valence-electron chi connectivity index (χ2n) is 5.80. The summed E-state index contributed by atoms with van der Waals surface area (Å²) in [5, 5.41) is 23.3. The lowest BCUT2D eigenvalue weighted by molar-refractivity contribution is -0.384. The minimum absolute atomic E-state index is 0.256. The number of nitro groups is 1. The normalized spacial score (nSPS) is 11.2. The van der Waals surface area contributed by atoms with E-state index in [0.717, 1.165) is 0 Å². The van der Waals surface area contributed by atoms with Gasteiger partial charge in [-0.25, -0.2) is 4.79 Å². The molecule has 0 spiro atoms. The van der Waals surface area contributed by atoms with Gasteiger partial charge in [-0.3, -0.25) is 10.1 Å². The molecule has 0 aromatic heterocycles. The molecule has 6 nitrogen and oxygen atoms in total. The quantitative estimate of drug-likeness (QED) is 0.591. The van der Waals surface area contributed by atoms with E-state index in [1.807, 2.05) is 0 Å². The van der Waals surface area contributed by atoms with Crippen LogP contribution >= 0.6 is 0 Å². The van der Waals surface area contributed by atoms with Gasteiger partial charge in [0.25, 0.3) is 0 Å². The molecule has 0 amide bonds. The Balaban J connectivity index is 3.06. The largest absolute Gasteiger partial charge is 0.477 e. The first-order valence-electron chi connectivity index (χ1n) is 7.00. The lowest BCUT2D eigenvalue weighted by Crippen LogP contribution is -2.25. The van der Waals surface area contributed by atoms with Crippen molar-refractivity contribution in [2.45, 2.75) is 27.7 Å². The number of anilines is 1. The molecule has 21 heavy (non-hydrogen) atoms. The van der Waals surface area contributed by atoms with Crippen molar-refractivity contribution in [3.05, 3.63) is 33.9 Å². The van der Waals surface area contributed by atoms with Crippen LogP contribution in [0.3, 0.4) is 0 Å². The summed E-state index contributed by atoms with van der Waals surface area (Å²) < 4.78 is 0. The molecule has 0 aliphatic rings. The van der Waals surface area contributed by atoms with Gasteiger partial charge in [-0.1, -0.05) is 33.8 Å². The highest BCUT2D eigenvalue weighted by atomic mass is 16.6. The molecule has 6 heteroatoms. The zero-order valence-electron chi connectivity index (χ0n) is 12.8. The number of carboxylic acid groups (broad SMARTS) is 1. The van der Waals surface area contributed by atoms with Gasteiger partial charge in [-0.15, -0.1) is 0 Å². The highest BCUT2D eigenvalue weighted by Gasteiger charge is 2.25. The van der Waals surface area contributed by atoms with Crippen molar-refractivity contribution in [2.75, 3.05) is 11.9 Å². The lowest BCUT2D eigenvalue weighted by Gasteiger charge is -2.25. The fourth-order valence-corrected chi connectivity index (χ4v) is 2.52. The molecule has 0 heterocycles. The second-order valence-corrected chi connectivity index (χ2v) is 5.80. The van der Waals surface area contributed by atoms with Crippen LogP contribution in [0.25, 0.3) is 0 Å². The molecule has 0 atom stereocenters. The van der Waals surface area contributed by atoms with Crippen LogP contribution in [0, 0.1) is 27.9 Å². The minimum atomic E-state index is -1.30. The standard InChI is InChI=1S/C15H22N2O4/c1-9(2)12(10(3)4)8-16-13-7-5-6-11(15(18)19)14(13)17(20)21/h5-7,9-10,12,16H,8H2,1-4H3,(H,18,19). The number of nitrogens with zero attached hydrogens (tertiary/aromatic N) is 1. The third-order valence-corrected chi connectivity index (χ3v) is 3.69. The van der Waals surface area contributed by atoms with Crippen molar-refractivity contribution >= 4 is 17.3 Å². The third kappa shape index (κ3) is 4.18. The summed E-state index contributed by atoms with van der Waals surface area (Å²) in [7, 11) is 0. The van der Waals surface area contributed by atoms with E-state index in [-0.39, 0.29) is 16.9 Å². The van der Waals surface area contributed by atoms with E-state index < -0.39 is 10.9 Å². The van der Waals surface area contributed by atoms with Crippen molar-refractivity contribution in [3.8, 4) is 0 Å². The molecule has 0 radical (unpaired) electrons. The lowest BCUT2D eigenvalue weighted by atomic mass is 9.85. The molecular weight excluding hydrogens is 272 g/mol. The number of rotatable bonds is 7. The van der Waals surface area contributed by atoms with Gasteiger partial charge in [0, 0.05) is 6.54 Å². The van der Waals surface area contributed by atoms with Crippen LogP contribution in [0.5, 0.6) is 0 Å². The van der Waals surface area contributed by atoms with E-state index in [1.165, 1.54) is 12.1 Å². The van der Waals surface area contributed by atoms with Gasteiger partial charge in [-0.2, -0.15) is 0 Å². The fraction of sp³-hybridized carbons (Fsp3) is 0.533. The van der Waals surface area contributed by atoms with Gasteiger partial charge in [0.1, 0.15) is 11.3 Å². The van der Waals surface area contributed by atoms with E-state index in [2.05, 4.69) is 33.0 Å². The van der Waals surface area contributed by atoms with Crippen LogP contribution in [0.2, 0.25) is 0 Å². The van der Waals surface area contributed by atoms with Crippen molar-refractivity contribution in [2.24, 2.45) is 17.8 Å². The van der Waals surface area contributed by atoms with Gasteiger partial charge >= 0.3 is 11.7 Å². The number of aromatic carboxylic acids is 1. The summed E-state index contributed by atoms with van der Waals surface area (Å²) in [5.74, 6) is -0.0915. The molecule has 0 saturated heterocycles. The first-order chi connectivity index (χ1) is 9.75. The number of benzene rings is 1. The van der Waals surface area contributed by atoms with Crippen LogP contribution < -0.4 is 5.32 Å². The van der Waals surface area contributed by atoms with Crippen LogP contribution in [0.15, 0.2) is 18.2 Å². The molecule has 116 valence electrons. The summed E-state index contributed by atoms with van der Waals surface area (Å²) in [6, 6.07) is 4.30. The maximum atomic E-state index is 11.2. The third-order valence-electron chi connectivity index (χ3n) is 3.69. The number of carboxylic acids is 1. The number of carbonyl (C=O) groups is 1. The van der Waals surface area contributed by atoms with E-state index in [4.69, 9.17) is 5.11 Å². The smallest absolute Gasteiger partial charge is 0.342 e. The molecule has 0 aliphatic carbocycles. The molecule has 1 aromatic rings. The van der Waals surface area contributed by atoms with Gasteiger partial charge < -0.3 is 10.4 Å². The summed E-state index contributed by atoms with van der Waals surface area (Å²) >= 11 is 0. The maximum absolute atomic E-state index is 11.2. The Bertz CT molecular complexity index is 518. The van der Waals surface area contributed by atoms with Crippen molar-refractivity contribution in [1.82, 2.24) is 0 Å². The second kappa shape index (κ2) is 7.06. The SMILES string of the molecule is CC(C)C(CNc1cccc(C(=O)O)c1[N+](=O)[O-])C(C)C. The molecule has 0 fully saturated rings. The predicted molar refractivity (Wildman–Crippen MR) is 81.7 cm³/mol. The summed E-state index contributed by atoms with van der Waals surface area (Å²) in [5.41, 5.74) is -0.418. The van der Waals surface area contributed by atoms with E-state index in [9.17, 15) is 14.9 Å². The molecule has 0 bridgehead atoms. The Hall–Kier alpha value is -2.11. The summed E-state index contributed by atoms with van der Waals surface area (Å²) in [6.07, 6.45) is 0. The Labute approximate surface area is 124 Å². The van der Waals surface area contributed by atoms with Crippen LogP contribution in [-0.4, -0.2) is 22.5 Å². The number of nitrogens with one attached hydrogen (secondary N) is 1. The van der Waals surface area contributed by atoms with Crippen molar-refractivity contribution in [3.63, 3.8) is 0 Å². The summed E-state index contributed by atoms with van der Waals surface area (Å²) in [4.78, 5) is 21.6. The highest BCUT2D eigenvalue weighted by molar-refractivity contribution is 5.95. The molecule has 1 rings (SSSR count). The zero-order chi connectivity index (χ0) is 16.2. The topological polar surface area (TPSA) is 92.5 Å². The Morgan fingerprint density at radius 1 is 1.29 bits per heavy atom. The van der Waals surface area contributed by atoms with Gasteiger partial charge in [0.05, 0.1) is 4.92 Å². The van der Waals surface area contributed by atoms with Crippen LogP contribution in [-0.2, 0) is 0 Å². The monoisotopic (exact) mass is 294 g/mol. The number of hydrogen-bond donors (Lipinski definition) is 2. The zero-order valence-corrected chi connectivity index (χ0v) is 12.8. The molecule has 2 N–H and O–H groups in total. The van der Waals surface area contributed by atoms with Gasteiger partial charge in [-0.05, 0) is 29.9 Å². The first kappa shape index (κ1) is 16.9. The Morgan fingerprint density at radius 3 is 2.29 bits per heavy atom. The minimum Gasteiger partial charge on any atom is -0.477 e. The highest BCUT2D eigenvalue weighted by Crippen LogP contribution is 2.30. The average molecular weight is 294 g/mol. The van der Waals surface area contributed by atoms with E-state index in [0.29, 0.717) is 24.3 Å². The molecular formula is C15H22N2O4. The number of nitro benzene ring substituents is 1. The number of hydrogen-bond acceptors (Lipinski definition) is 4. The van der Waals surface area contributed by atoms with Crippen LogP contribution in [0.1, 0.15) is 38.1 Å². The summed E-state index contributed by atoms with van der Waals surface area (Å²) in [6.45, 7) is 8.99. The molecule has 0 aliphatic heterocycles. The Kier molecular flexibility index (Phi) is 5.69. The number of para-hydroxylation sites is 1. The average Bonchev–Trinajstić information content (AvgIpc) is 2.37. The molecule has 0 saturated carbocycles. The van der Waals surface area contributed by atoms with Gasteiger partial charge in [0.15, 0.2) is 0 Å². The van der Waals surface area contributed by atoms with Crippen molar-refractivity contribution < 1.29 is 14.8 Å². The van der Waals surface area contributed by atoms with E-state index in [1.54, 1.807) is 6.07 Å². The van der Waals surface area contributed by atoms with Crippen molar-refractivity contribution in [1.29, 1.82) is 0 Å². The predicted octanol–water partition coefficient (Wildman–Crippen LogP) is 3.63.